The third kappa shape index (κ3) is 3.40. The zero-order valence-corrected chi connectivity index (χ0v) is 17.7. The van der Waals surface area contributed by atoms with Gasteiger partial charge in [-0.05, 0) is 55.2 Å². The number of urea groups is 1. The maximum atomic E-state index is 13.4. The van der Waals surface area contributed by atoms with Crippen molar-refractivity contribution in [1.82, 2.24) is 15.1 Å². The molecule has 2 aromatic rings. The van der Waals surface area contributed by atoms with Crippen LogP contribution in [-0.2, 0) is 28.1 Å². The van der Waals surface area contributed by atoms with Crippen LogP contribution in [0.25, 0.3) is 0 Å². The summed E-state index contributed by atoms with van der Waals surface area (Å²) in [5.41, 5.74) is 1.95. The van der Waals surface area contributed by atoms with Crippen molar-refractivity contribution in [2.75, 3.05) is 6.54 Å². The van der Waals surface area contributed by atoms with Gasteiger partial charge in [-0.2, -0.15) is 0 Å². The van der Waals surface area contributed by atoms with Crippen molar-refractivity contribution in [1.29, 1.82) is 0 Å². The van der Waals surface area contributed by atoms with E-state index in [0.717, 1.165) is 40.9 Å². The van der Waals surface area contributed by atoms with Crippen molar-refractivity contribution in [3.8, 4) is 0 Å². The molecule has 160 valence electrons. The topological polar surface area (TPSA) is 69.7 Å². The maximum Gasteiger partial charge on any atom is 0.325 e. The van der Waals surface area contributed by atoms with Crippen LogP contribution in [0.1, 0.15) is 42.9 Å². The van der Waals surface area contributed by atoms with Gasteiger partial charge in [-0.1, -0.05) is 54.6 Å². The highest BCUT2D eigenvalue weighted by Gasteiger charge is 2.55. The first-order valence-electron chi connectivity index (χ1n) is 11.1. The fourth-order valence-electron chi connectivity index (χ4n) is 5.03. The van der Waals surface area contributed by atoms with Crippen molar-refractivity contribution in [2.24, 2.45) is 5.92 Å². The van der Waals surface area contributed by atoms with E-state index in [2.05, 4.69) is 12.2 Å². The van der Waals surface area contributed by atoms with Gasteiger partial charge in [-0.15, -0.1) is 0 Å². The molecular formula is C25H27N3O3. The van der Waals surface area contributed by atoms with Gasteiger partial charge < -0.3 is 10.2 Å². The van der Waals surface area contributed by atoms with E-state index in [1.54, 1.807) is 0 Å². The SMILES string of the molecule is CC(C1CC1)N(Cc1ccccc1)C(=O)CN1C(=O)N[C@@]2(CCc3ccccc32)C1=O. The van der Waals surface area contributed by atoms with Gasteiger partial charge in [0, 0.05) is 12.6 Å². The first-order valence-corrected chi connectivity index (χ1v) is 11.1. The molecule has 2 fully saturated rings. The maximum absolute atomic E-state index is 13.4. The molecule has 1 N–H and O–H groups in total. The lowest BCUT2D eigenvalue weighted by Gasteiger charge is -2.31. The smallest absolute Gasteiger partial charge is 0.325 e. The van der Waals surface area contributed by atoms with E-state index in [1.165, 1.54) is 0 Å². The summed E-state index contributed by atoms with van der Waals surface area (Å²) in [6, 6.07) is 17.2. The summed E-state index contributed by atoms with van der Waals surface area (Å²) in [5, 5.41) is 2.91. The Kier molecular flexibility index (Phi) is 4.80. The van der Waals surface area contributed by atoms with Gasteiger partial charge in [0.15, 0.2) is 0 Å². The molecule has 2 aliphatic carbocycles. The summed E-state index contributed by atoms with van der Waals surface area (Å²) < 4.78 is 0. The average Bonchev–Trinajstić information content (AvgIpc) is 3.54. The molecule has 1 spiro atoms. The van der Waals surface area contributed by atoms with Crippen LogP contribution in [0.3, 0.4) is 0 Å². The molecule has 6 heteroatoms. The highest BCUT2D eigenvalue weighted by Crippen LogP contribution is 2.41. The number of fused-ring (bicyclic) bond motifs is 2. The molecular weight excluding hydrogens is 390 g/mol. The van der Waals surface area contributed by atoms with Crippen LogP contribution in [-0.4, -0.2) is 40.2 Å². The molecule has 31 heavy (non-hydrogen) atoms. The zero-order valence-electron chi connectivity index (χ0n) is 17.7. The number of carbonyl (C=O) groups is 3. The van der Waals surface area contributed by atoms with E-state index in [-0.39, 0.29) is 24.4 Å². The van der Waals surface area contributed by atoms with Crippen LogP contribution in [0, 0.1) is 5.92 Å². The highest BCUT2D eigenvalue weighted by molar-refractivity contribution is 6.09. The molecule has 4 amide bonds. The molecule has 0 aromatic heterocycles. The van der Waals surface area contributed by atoms with Gasteiger partial charge in [0.2, 0.25) is 5.91 Å². The summed E-state index contributed by atoms with van der Waals surface area (Å²) in [5.74, 6) is -0.00607. The number of hydrogen-bond acceptors (Lipinski definition) is 3. The molecule has 1 aliphatic heterocycles. The van der Waals surface area contributed by atoms with Gasteiger partial charge in [-0.25, -0.2) is 4.79 Å². The Bertz CT molecular complexity index is 1030. The van der Waals surface area contributed by atoms with Crippen molar-refractivity contribution >= 4 is 17.8 Å². The van der Waals surface area contributed by atoms with Crippen LogP contribution < -0.4 is 5.32 Å². The minimum absolute atomic E-state index is 0.0784. The molecule has 5 rings (SSSR count). The molecule has 2 aromatic carbocycles. The fourth-order valence-corrected chi connectivity index (χ4v) is 5.03. The van der Waals surface area contributed by atoms with Crippen LogP contribution in [0.4, 0.5) is 4.79 Å². The standard InChI is InChI=1S/C25H27N3O3/c1-17(19-11-12-19)27(15-18-7-3-2-4-8-18)22(29)16-28-23(30)25(26-24(28)31)14-13-20-9-5-6-10-21(20)25/h2-10,17,19H,11-16H2,1H3,(H,26,31)/t17?,25-/m1/s1. The van der Waals surface area contributed by atoms with E-state index >= 15 is 0 Å². The molecule has 0 radical (unpaired) electrons. The molecule has 1 heterocycles. The zero-order chi connectivity index (χ0) is 21.6. The predicted octanol–water partition coefficient (Wildman–Crippen LogP) is 3.21. The summed E-state index contributed by atoms with van der Waals surface area (Å²) in [6.45, 7) is 2.33. The van der Waals surface area contributed by atoms with E-state index < -0.39 is 11.6 Å². The summed E-state index contributed by atoms with van der Waals surface area (Å²) in [7, 11) is 0. The van der Waals surface area contributed by atoms with Crippen molar-refractivity contribution in [3.63, 3.8) is 0 Å². The van der Waals surface area contributed by atoms with Gasteiger partial charge in [0.25, 0.3) is 5.91 Å². The average molecular weight is 418 g/mol. The third-order valence-electron chi connectivity index (χ3n) is 7.03. The van der Waals surface area contributed by atoms with E-state index in [4.69, 9.17) is 0 Å². The summed E-state index contributed by atoms with van der Waals surface area (Å²) in [4.78, 5) is 42.5. The fraction of sp³-hybridized carbons (Fsp3) is 0.400. The first kappa shape index (κ1) is 19.8. The lowest BCUT2D eigenvalue weighted by Crippen LogP contribution is -2.47. The largest absolute Gasteiger partial charge is 0.334 e. The molecule has 1 saturated carbocycles. The molecule has 6 nitrogen and oxygen atoms in total. The van der Waals surface area contributed by atoms with Crippen LogP contribution in [0.2, 0.25) is 0 Å². The van der Waals surface area contributed by atoms with Gasteiger partial charge in [0.05, 0.1) is 0 Å². The van der Waals surface area contributed by atoms with Gasteiger partial charge >= 0.3 is 6.03 Å². The lowest BCUT2D eigenvalue weighted by molar-refractivity contribution is -0.141. The van der Waals surface area contributed by atoms with Crippen LogP contribution >= 0.6 is 0 Å². The molecule has 2 atom stereocenters. The van der Waals surface area contributed by atoms with E-state index in [9.17, 15) is 14.4 Å². The van der Waals surface area contributed by atoms with Gasteiger partial charge in [-0.3, -0.25) is 14.5 Å². The summed E-state index contributed by atoms with van der Waals surface area (Å²) >= 11 is 0. The van der Waals surface area contributed by atoms with E-state index in [1.807, 2.05) is 59.5 Å². The predicted molar refractivity (Wildman–Crippen MR) is 116 cm³/mol. The number of rotatable bonds is 6. The first-order chi connectivity index (χ1) is 15.0. The van der Waals surface area contributed by atoms with Crippen LogP contribution in [0.5, 0.6) is 0 Å². The van der Waals surface area contributed by atoms with Crippen molar-refractivity contribution in [2.45, 2.75) is 50.7 Å². The Hall–Kier alpha value is -3.15. The molecule has 1 saturated heterocycles. The second kappa shape index (κ2) is 7.52. The highest BCUT2D eigenvalue weighted by atomic mass is 16.2. The number of benzene rings is 2. The lowest BCUT2D eigenvalue weighted by atomic mass is 9.92. The van der Waals surface area contributed by atoms with Crippen LogP contribution in [0.15, 0.2) is 54.6 Å². The van der Waals surface area contributed by atoms with Gasteiger partial charge in [0.1, 0.15) is 12.1 Å². The number of aryl methyl sites for hydroxylation is 1. The Morgan fingerprint density at radius 2 is 1.84 bits per heavy atom. The monoisotopic (exact) mass is 417 g/mol. The third-order valence-corrected chi connectivity index (χ3v) is 7.03. The minimum atomic E-state index is -1.03. The quantitative estimate of drug-likeness (QED) is 0.734. The molecule has 3 aliphatic rings. The van der Waals surface area contributed by atoms with E-state index in [0.29, 0.717) is 18.9 Å². The second-order valence-electron chi connectivity index (χ2n) is 8.97. The summed E-state index contributed by atoms with van der Waals surface area (Å²) in [6.07, 6.45) is 3.50. The number of amides is 4. The van der Waals surface area contributed by atoms with Crippen molar-refractivity contribution in [3.05, 3.63) is 71.3 Å². The van der Waals surface area contributed by atoms with Crippen molar-refractivity contribution < 1.29 is 14.4 Å². The number of carbonyl (C=O) groups excluding carboxylic acids is 3. The normalized spacial score (nSPS) is 23.1. The number of hydrogen-bond donors (Lipinski definition) is 1. The Labute approximate surface area is 182 Å². The Balaban J connectivity index is 1.37. The Morgan fingerprint density at radius 1 is 1.13 bits per heavy atom. The molecule has 1 unspecified atom stereocenters. The number of imide groups is 1. The minimum Gasteiger partial charge on any atom is -0.334 e. The Morgan fingerprint density at radius 3 is 2.58 bits per heavy atom. The second-order valence-corrected chi connectivity index (χ2v) is 8.97. The molecule has 0 bridgehead atoms. The number of nitrogens with zero attached hydrogens (tertiary/aromatic N) is 2. The number of nitrogens with one attached hydrogen (secondary N) is 1.